The predicted octanol–water partition coefficient (Wildman–Crippen LogP) is 3.91. The van der Waals surface area contributed by atoms with Crippen molar-refractivity contribution in [3.05, 3.63) is 65.7 Å². The van der Waals surface area contributed by atoms with Crippen molar-refractivity contribution in [1.82, 2.24) is 0 Å². The average molecular weight is 291 g/mol. The van der Waals surface area contributed by atoms with Crippen molar-refractivity contribution >= 4 is 5.69 Å². The van der Waals surface area contributed by atoms with Gasteiger partial charge in [0.25, 0.3) is 0 Å². The maximum absolute atomic E-state index is 13.3. The predicted molar refractivity (Wildman–Crippen MR) is 80.3 cm³/mol. The summed E-state index contributed by atoms with van der Waals surface area (Å²) < 4.78 is 26.1. The van der Waals surface area contributed by atoms with Crippen molar-refractivity contribution in [3.63, 3.8) is 0 Å². The number of anilines is 1. The molecule has 1 N–H and O–H groups in total. The maximum Gasteiger partial charge on any atom is 0.125 e. The molecule has 0 aliphatic heterocycles. The molecule has 0 bridgehead atoms. The third-order valence-corrected chi connectivity index (χ3v) is 3.48. The fraction of sp³-hybridized carbons (Fsp3) is 0.294. The molecule has 0 aliphatic rings. The number of aliphatic hydroxyl groups is 1. The molecule has 1 unspecified atom stereocenters. The van der Waals surface area contributed by atoms with E-state index in [2.05, 4.69) is 0 Å². The molecule has 112 valence electrons. The minimum atomic E-state index is -0.659. The molecule has 2 aromatic carbocycles. The van der Waals surface area contributed by atoms with Gasteiger partial charge in [0.05, 0.1) is 6.10 Å². The molecule has 0 saturated carbocycles. The smallest absolute Gasteiger partial charge is 0.125 e. The Morgan fingerprint density at radius 1 is 1.05 bits per heavy atom. The van der Waals surface area contributed by atoms with Crippen LogP contribution in [0.5, 0.6) is 0 Å². The largest absolute Gasteiger partial charge is 0.388 e. The SMILES string of the molecule is CCN(CCC(O)c1ccc(F)cc1)c1cccc(F)c1. The average Bonchev–Trinajstić information content (AvgIpc) is 2.48. The van der Waals surface area contributed by atoms with Crippen LogP contribution in [0.4, 0.5) is 14.5 Å². The summed E-state index contributed by atoms with van der Waals surface area (Å²) in [5.41, 5.74) is 1.48. The van der Waals surface area contributed by atoms with E-state index in [1.54, 1.807) is 18.2 Å². The van der Waals surface area contributed by atoms with Crippen LogP contribution in [0.1, 0.15) is 25.0 Å². The van der Waals surface area contributed by atoms with E-state index in [0.29, 0.717) is 18.5 Å². The van der Waals surface area contributed by atoms with E-state index in [1.165, 1.54) is 24.3 Å². The molecular formula is C17H19F2NO. The van der Waals surface area contributed by atoms with Crippen LogP contribution < -0.4 is 4.90 Å². The lowest BCUT2D eigenvalue weighted by Gasteiger charge is -2.24. The Morgan fingerprint density at radius 2 is 1.76 bits per heavy atom. The third kappa shape index (κ3) is 4.26. The lowest BCUT2D eigenvalue weighted by molar-refractivity contribution is 0.169. The number of aliphatic hydroxyl groups excluding tert-OH is 1. The maximum atomic E-state index is 13.3. The van der Waals surface area contributed by atoms with E-state index in [9.17, 15) is 13.9 Å². The van der Waals surface area contributed by atoms with E-state index in [0.717, 1.165) is 12.2 Å². The van der Waals surface area contributed by atoms with Crippen LogP contribution >= 0.6 is 0 Å². The molecule has 2 aromatic rings. The normalized spacial score (nSPS) is 12.2. The fourth-order valence-electron chi connectivity index (χ4n) is 2.27. The first-order valence-electron chi connectivity index (χ1n) is 7.04. The van der Waals surface area contributed by atoms with Gasteiger partial charge in [0, 0.05) is 18.8 Å². The lowest BCUT2D eigenvalue weighted by Crippen LogP contribution is -2.25. The second kappa shape index (κ2) is 7.18. The number of rotatable bonds is 6. The Kier molecular flexibility index (Phi) is 5.28. The van der Waals surface area contributed by atoms with Crippen LogP contribution in [0, 0.1) is 11.6 Å². The summed E-state index contributed by atoms with van der Waals surface area (Å²) in [6.45, 7) is 3.30. The van der Waals surface area contributed by atoms with Gasteiger partial charge in [0.1, 0.15) is 11.6 Å². The van der Waals surface area contributed by atoms with Gasteiger partial charge in [0.15, 0.2) is 0 Å². The molecule has 2 nitrogen and oxygen atoms in total. The molecule has 4 heteroatoms. The molecule has 0 radical (unpaired) electrons. The van der Waals surface area contributed by atoms with Crippen molar-refractivity contribution in [2.75, 3.05) is 18.0 Å². The van der Waals surface area contributed by atoms with Gasteiger partial charge in [-0.1, -0.05) is 18.2 Å². The highest BCUT2D eigenvalue weighted by Gasteiger charge is 2.11. The van der Waals surface area contributed by atoms with Gasteiger partial charge in [-0.05, 0) is 49.2 Å². The molecule has 0 saturated heterocycles. The van der Waals surface area contributed by atoms with Crippen molar-refractivity contribution < 1.29 is 13.9 Å². The van der Waals surface area contributed by atoms with Crippen LogP contribution in [-0.4, -0.2) is 18.2 Å². The first-order chi connectivity index (χ1) is 10.1. The number of halogens is 2. The molecule has 0 amide bonds. The van der Waals surface area contributed by atoms with E-state index in [1.807, 2.05) is 17.9 Å². The monoisotopic (exact) mass is 291 g/mol. The lowest BCUT2D eigenvalue weighted by atomic mass is 10.1. The zero-order valence-electron chi connectivity index (χ0n) is 12.0. The molecule has 0 aliphatic carbocycles. The van der Waals surface area contributed by atoms with E-state index >= 15 is 0 Å². The van der Waals surface area contributed by atoms with Crippen LogP contribution in [-0.2, 0) is 0 Å². The Bertz CT molecular complexity index is 571. The summed E-state index contributed by atoms with van der Waals surface area (Å²) in [5.74, 6) is -0.592. The first kappa shape index (κ1) is 15.4. The standard InChI is InChI=1S/C17H19F2NO/c1-2-20(16-5-3-4-15(19)12-16)11-10-17(21)13-6-8-14(18)9-7-13/h3-9,12,17,21H,2,10-11H2,1H3. The van der Waals surface area contributed by atoms with Gasteiger partial charge in [-0.15, -0.1) is 0 Å². The Labute approximate surface area is 123 Å². The van der Waals surface area contributed by atoms with Crippen LogP contribution in [0.15, 0.2) is 48.5 Å². The van der Waals surface area contributed by atoms with Gasteiger partial charge in [-0.25, -0.2) is 8.78 Å². The summed E-state index contributed by atoms with van der Waals surface area (Å²) >= 11 is 0. The molecule has 0 heterocycles. The van der Waals surface area contributed by atoms with Crippen LogP contribution in [0.25, 0.3) is 0 Å². The van der Waals surface area contributed by atoms with Crippen molar-refractivity contribution in [2.24, 2.45) is 0 Å². The summed E-state index contributed by atoms with van der Waals surface area (Å²) in [6.07, 6.45) is -0.163. The summed E-state index contributed by atoms with van der Waals surface area (Å²) in [5, 5.41) is 10.1. The third-order valence-electron chi connectivity index (χ3n) is 3.48. The summed E-state index contributed by atoms with van der Waals surface area (Å²) in [6, 6.07) is 12.2. The highest BCUT2D eigenvalue weighted by atomic mass is 19.1. The second-order valence-corrected chi connectivity index (χ2v) is 4.92. The van der Waals surface area contributed by atoms with E-state index in [4.69, 9.17) is 0 Å². The second-order valence-electron chi connectivity index (χ2n) is 4.92. The van der Waals surface area contributed by atoms with Crippen molar-refractivity contribution in [3.8, 4) is 0 Å². The van der Waals surface area contributed by atoms with E-state index < -0.39 is 6.10 Å². The van der Waals surface area contributed by atoms with Crippen LogP contribution in [0.2, 0.25) is 0 Å². The Morgan fingerprint density at radius 3 is 2.38 bits per heavy atom. The summed E-state index contributed by atoms with van der Waals surface area (Å²) in [4.78, 5) is 2.00. The molecule has 1 atom stereocenters. The minimum absolute atomic E-state index is 0.273. The van der Waals surface area contributed by atoms with Crippen molar-refractivity contribution in [1.29, 1.82) is 0 Å². The number of nitrogens with zero attached hydrogens (tertiary/aromatic N) is 1. The highest BCUT2D eigenvalue weighted by molar-refractivity contribution is 5.46. The van der Waals surface area contributed by atoms with Crippen LogP contribution in [0.3, 0.4) is 0 Å². The quantitative estimate of drug-likeness (QED) is 0.872. The zero-order chi connectivity index (χ0) is 15.2. The number of hydrogen-bond acceptors (Lipinski definition) is 2. The van der Waals surface area contributed by atoms with Crippen molar-refractivity contribution in [2.45, 2.75) is 19.4 Å². The molecule has 2 rings (SSSR count). The first-order valence-corrected chi connectivity index (χ1v) is 7.04. The van der Waals surface area contributed by atoms with Gasteiger partial charge in [0.2, 0.25) is 0 Å². The van der Waals surface area contributed by atoms with Gasteiger partial charge in [-0.3, -0.25) is 0 Å². The Hall–Kier alpha value is -1.94. The topological polar surface area (TPSA) is 23.5 Å². The number of hydrogen-bond donors (Lipinski definition) is 1. The molecule has 0 spiro atoms. The molecule has 21 heavy (non-hydrogen) atoms. The van der Waals surface area contributed by atoms with Gasteiger partial charge >= 0.3 is 0 Å². The molecular weight excluding hydrogens is 272 g/mol. The van der Waals surface area contributed by atoms with Gasteiger partial charge < -0.3 is 10.0 Å². The molecule has 0 aromatic heterocycles. The zero-order valence-corrected chi connectivity index (χ0v) is 12.0. The highest BCUT2D eigenvalue weighted by Crippen LogP contribution is 2.20. The number of benzene rings is 2. The minimum Gasteiger partial charge on any atom is -0.388 e. The summed E-state index contributed by atoms with van der Waals surface area (Å²) in [7, 11) is 0. The fourth-order valence-corrected chi connectivity index (χ4v) is 2.27. The van der Waals surface area contributed by atoms with E-state index in [-0.39, 0.29) is 11.6 Å². The molecule has 0 fully saturated rings. The van der Waals surface area contributed by atoms with Gasteiger partial charge in [-0.2, -0.15) is 0 Å². The Balaban J connectivity index is 1.98.